The number of carbonyl (C=O) groups excluding carboxylic acids is 1. The largest absolute Gasteiger partial charge is 0.342 e. The maximum Gasteiger partial charge on any atom is 0.226 e. The summed E-state index contributed by atoms with van der Waals surface area (Å²) in [5.74, 6) is 0.677. The van der Waals surface area contributed by atoms with Crippen molar-refractivity contribution < 1.29 is 4.79 Å². The van der Waals surface area contributed by atoms with E-state index in [4.69, 9.17) is 5.73 Å². The van der Waals surface area contributed by atoms with E-state index in [9.17, 15) is 4.79 Å². The fraction of sp³-hybridized carbons (Fsp3) is 0.611. The molecule has 21 heavy (non-hydrogen) atoms. The highest BCUT2D eigenvalue weighted by molar-refractivity contribution is 5.79. The standard InChI is InChI=1S/C18H28N2O/c1-13-8-9-15(10-14(13)2)11-18(21)20(3)17-7-5-4-6-16(17)12-19/h8-10,16-17H,4-7,11-12,19H2,1-3H3. The van der Waals surface area contributed by atoms with Crippen molar-refractivity contribution in [1.29, 1.82) is 0 Å². The molecule has 3 heteroatoms. The second kappa shape index (κ2) is 7.08. The third-order valence-corrected chi connectivity index (χ3v) is 4.99. The van der Waals surface area contributed by atoms with Crippen molar-refractivity contribution in [3.8, 4) is 0 Å². The summed E-state index contributed by atoms with van der Waals surface area (Å²) in [7, 11) is 1.95. The minimum absolute atomic E-state index is 0.212. The summed E-state index contributed by atoms with van der Waals surface area (Å²) in [4.78, 5) is 14.5. The van der Waals surface area contributed by atoms with Gasteiger partial charge >= 0.3 is 0 Å². The van der Waals surface area contributed by atoms with E-state index in [0.29, 0.717) is 24.9 Å². The molecular weight excluding hydrogens is 260 g/mol. The van der Waals surface area contributed by atoms with E-state index in [1.165, 1.54) is 24.0 Å². The van der Waals surface area contributed by atoms with Gasteiger partial charge in [0.05, 0.1) is 6.42 Å². The third-order valence-electron chi connectivity index (χ3n) is 4.99. The van der Waals surface area contributed by atoms with E-state index >= 15 is 0 Å². The van der Waals surface area contributed by atoms with Crippen LogP contribution in [0, 0.1) is 19.8 Å². The van der Waals surface area contributed by atoms with Gasteiger partial charge in [0.15, 0.2) is 0 Å². The first-order chi connectivity index (χ1) is 10.0. The zero-order chi connectivity index (χ0) is 15.4. The molecule has 3 nitrogen and oxygen atoms in total. The number of likely N-dealkylation sites (N-methyl/N-ethyl adjacent to an activating group) is 1. The van der Waals surface area contributed by atoms with Crippen molar-refractivity contribution in [1.82, 2.24) is 4.90 Å². The number of rotatable bonds is 4. The quantitative estimate of drug-likeness (QED) is 0.926. The van der Waals surface area contributed by atoms with Gasteiger partial charge in [-0.2, -0.15) is 0 Å². The smallest absolute Gasteiger partial charge is 0.226 e. The Labute approximate surface area is 128 Å². The molecule has 2 unspecified atom stereocenters. The minimum Gasteiger partial charge on any atom is -0.342 e. The maximum atomic E-state index is 12.6. The van der Waals surface area contributed by atoms with Crippen LogP contribution in [0.15, 0.2) is 18.2 Å². The van der Waals surface area contributed by atoms with Gasteiger partial charge in [-0.25, -0.2) is 0 Å². The van der Waals surface area contributed by atoms with E-state index in [0.717, 1.165) is 18.4 Å². The van der Waals surface area contributed by atoms with Crippen LogP contribution in [0.5, 0.6) is 0 Å². The second-order valence-corrected chi connectivity index (χ2v) is 6.45. The molecule has 1 aliphatic carbocycles. The molecule has 1 aromatic carbocycles. The third kappa shape index (κ3) is 3.85. The van der Waals surface area contributed by atoms with Crippen molar-refractivity contribution in [3.63, 3.8) is 0 Å². The van der Waals surface area contributed by atoms with Crippen LogP contribution in [0.2, 0.25) is 0 Å². The lowest BCUT2D eigenvalue weighted by atomic mass is 9.83. The van der Waals surface area contributed by atoms with Gasteiger partial charge < -0.3 is 10.6 Å². The van der Waals surface area contributed by atoms with Gasteiger partial charge in [-0.15, -0.1) is 0 Å². The Balaban J connectivity index is 2.02. The van der Waals surface area contributed by atoms with E-state index in [1.54, 1.807) is 0 Å². The van der Waals surface area contributed by atoms with Gasteiger partial charge in [0.25, 0.3) is 0 Å². The highest BCUT2D eigenvalue weighted by Gasteiger charge is 2.29. The Hall–Kier alpha value is -1.35. The predicted molar refractivity (Wildman–Crippen MR) is 87.2 cm³/mol. The van der Waals surface area contributed by atoms with Crippen LogP contribution >= 0.6 is 0 Å². The van der Waals surface area contributed by atoms with Crippen molar-refractivity contribution in [2.75, 3.05) is 13.6 Å². The molecule has 1 aromatic rings. The van der Waals surface area contributed by atoms with Crippen LogP contribution in [-0.4, -0.2) is 30.4 Å². The van der Waals surface area contributed by atoms with Gasteiger partial charge in [-0.1, -0.05) is 31.0 Å². The monoisotopic (exact) mass is 288 g/mol. The molecule has 1 fully saturated rings. The number of hydrogen-bond acceptors (Lipinski definition) is 2. The molecule has 2 N–H and O–H groups in total. The Kier molecular flexibility index (Phi) is 5.40. The summed E-state index contributed by atoms with van der Waals surface area (Å²) in [6.45, 7) is 4.88. The van der Waals surface area contributed by atoms with Crippen LogP contribution in [-0.2, 0) is 11.2 Å². The van der Waals surface area contributed by atoms with E-state index in [2.05, 4.69) is 32.0 Å². The highest BCUT2D eigenvalue weighted by Crippen LogP contribution is 2.27. The van der Waals surface area contributed by atoms with Crippen molar-refractivity contribution in [2.24, 2.45) is 11.7 Å². The highest BCUT2D eigenvalue weighted by atomic mass is 16.2. The number of benzene rings is 1. The average Bonchev–Trinajstić information content (AvgIpc) is 2.50. The van der Waals surface area contributed by atoms with Gasteiger partial charge in [-0.05, 0) is 55.8 Å². The average molecular weight is 288 g/mol. The molecule has 0 aromatic heterocycles. The van der Waals surface area contributed by atoms with E-state index < -0.39 is 0 Å². The number of nitrogens with zero attached hydrogens (tertiary/aromatic N) is 1. The Morgan fingerprint density at radius 3 is 2.62 bits per heavy atom. The SMILES string of the molecule is Cc1ccc(CC(=O)N(C)C2CCCCC2CN)cc1C. The summed E-state index contributed by atoms with van der Waals surface area (Å²) >= 11 is 0. The van der Waals surface area contributed by atoms with E-state index in [-0.39, 0.29) is 5.91 Å². The lowest BCUT2D eigenvalue weighted by Gasteiger charge is -2.37. The van der Waals surface area contributed by atoms with Crippen LogP contribution in [0.3, 0.4) is 0 Å². The lowest BCUT2D eigenvalue weighted by Crippen LogP contribution is -2.46. The number of hydrogen-bond donors (Lipinski definition) is 1. The first-order valence-electron chi connectivity index (χ1n) is 8.04. The molecule has 1 amide bonds. The van der Waals surface area contributed by atoms with Crippen molar-refractivity contribution in [2.45, 2.75) is 52.0 Å². The molecular formula is C18H28N2O. The van der Waals surface area contributed by atoms with Crippen molar-refractivity contribution in [3.05, 3.63) is 34.9 Å². The zero-order valence-corrected chi connectivity index (χ0v) is 13.6. The zero-order valence-electron chi connectivity index (χ0n) is 13.6. The maximum absolute atomic E-state index is 12.6. The summed E-state index contributed by atoms with van der Waals surface area (Å²) in [5.41, 5.74) is 9.51. The summed E-state index contributed by atoms with van der Waals surface area (Å²) < 4.78 is 0. The molecule has 0 radical (unpaired) electrons. The summed E-state index contributed by atoms with van der Waals surface area (Å²) in [6.07, 6.45) is 5.20. The molecule has 2 rings (SSSR count). The molecule has 1 saturated carbocycles. The molecule has 0 aliphatic heterocycles. The predicted octanol–water partition coefficient (Wildman–Crippen LogP) is 2.82. The summed E-state index contributed by atoms with van der Waals surface area (Å²) in [6, 6.07) is 6.61. The van der Waals surface area contributed by atoms with Crippen molar-refractivity contribution >= 4 is 5.91 Å². The Bertz CT molecular complexity index is 498. The molecule has 0 saturated heterocycles. The fourth-order valence-corrected chi connectivity index (χ4v) is 3.37. The molecule has 0 heterocycles. The van der Waals surface area contributed by atoms with Gasteiger partial charge in [-0.3, -0.25) is 4.79 Å². The van der Waals surface area contributed by atoms with Crippen LogP contribution in [0.25, 0.3) is 0 Å². The van der Waals surface area contributed by atoms with Gasteiger partial charge in [0, 0.05) is 13.1 Å². The molecule has 1 aliphatic rings. The Morgan fingerprint density at radius 1 is 1.24 bits per heavy atom. The number of carbonyl (C=O) groups is 1. The van der Waals surface area contributed by atoms with Crippen LogP contribution in [0.4, 0.5) is 0 Å². The van der Waals surface area contributed by atoms with Crippen LogP contribution < -0.4 is 5.73 Å². The second-order valence-electron chi connectivity index (χ2n) is 6.45. The van der Waals surface area contributed by atoms with Gasteiger partial charge in [0.1, 0.15) is 0 Å². The Morgan fingerprint density at radius 2 is 1.95 bits per heavy atom. The number of amides is 1. The number of aryl methyl sites for hydroxylation is 2. The normalized spacial score (nSPS) is 22.1. The molecule has 0 bridgehead atoms. The van der Waals surface area contributed by atoms with Crippen LogP contribution in [0.1, 0.15) is 42.4 Å². The van der Waals surface area contributed by atoms with Gasteiger partial charge in [0.2, 0.25) is 5.91 Å². The molecule has 0 spiro atoms. The minimum atomic E-state index is 0.212. The summed E-state index contributed by atoms with van der Waals surface area (Å²) in [5, 5.41) is 0. The first kappa shape index (κ1) is 16.0. The fourth-order valence-electron chi connectivity index (χ4n) is 3.37. The molecule has 116 valence electrons. The topological polar surface area (TPSA) is 46.3 Å². The number of nitrogens with two attached hydrogens (primary N) is 1. The molecule has 2 atom stereocenters. The lowest BCUT2D eigenvalue weighted by molar-refractivity contribution is -0.132. The first-order valence-corrected chi connectivity index (χ1v) is 8.04. The van der Waals surface area contributed by atoms with E-state index in [1.807, 2.05) is 11.9 Å².